The van der Waals surface area contributed by atoms with Crippen LogP contribution in [0.2, 0.25) is 0 Å². The lowest BCUT2D eigenvalue weighted by molar-refractivity contribution is -0.386. The van der Waals surface area contributed by atoms with Gasteiger partial charge in [0.2, 0.25) is 5.91 Å². The first-order chi connectivity index (χ1) is 10.8. The molecule has 0 spiro atoms. The molecule has 0 aliphatic carbocycles. The van der Waals surface area contributed by atoms with Gasteiger partial charge in [0.05, 0.1) is 11.1 Å². The van der Waals surface area contributed by atoms with E-state index in [9.17, 15) is 19.7 Å². The Balaban J connectivity index is 2.29. The molecule has 1 unspecified atom stereocenters. The van der Waals surface area contributed by atoms with E-state index in [2.05, 4.69) is 5.32 Å². The van der Waals surface area contributed by atoms with Gasteiger partial charge in [-0.05, 0) is 32.9 Å². The van der Waals surface area contributed by atoms with Crippen molar-refractivity contribution in [2.24, 2.45) is 0 Å². The van der Waals surface area contributed by atoms with Crippen LogP contribution in [0.5, 0.6) is 0 Å². The first-order valence-corrected chi connectivity index (χ1v) is 7.04. The molecule has 1 aromatic carbocycles. The second kappa shape index (κ2) is 6.43. The molecule has 0 fully saturated rings. The normalized spacial score (nSPS) is 11.8. The minimum absolute atomic E-state index is 0.195. The van der Waals surface area contributed by atoms with Gasteiger partial charge in [-0.1, -0.05) is 17.7 Å². The summed E-state index contributed by atoms with van der Waals surface area (Å²) >= 11 is 0. The first kappa shape index (κ1) is 16.4. The average molecular weight is 315 g/mol. The molecule has 7 nitrogen and oxygen atoms in total. The lowest BCUT2D eigenvalue weighted by Gasteiger charge is -2.15. The number of anilines is 1. The molecule has 1 N–H and O–H groups in total. The van der Waals surface area contributed by atoms with Gasteiger partial charge in [0.1, 0.15) is 6.04 Å². The lowest BCUT2D eigenvalue weighted by Crippen LogP contribution is -2.31. The maximum Gasteiger partial charge on any atom is 0.288 e. The first-order valence-electron chi connectivity index (χ1n) is 7.04. The summed E-state index contributed by atoms with van der Waals surface area (Å²) in [6.45, 7) is 4.93. The summed E-state index contributed by atoms with van der Waals surface area (Å²) in [5.41, 5.74) is 1.27. The molecule has 120 valence electrons. The number of rotatable bonds is 4. The van der Waals surface area contributed by atoms with E-state index in [1.165, 1.54) is 13.8 Å². The van der Waals surface area contributed by atoms with Gasteiger partial charge in [0, 0.05) is 17.3 Å². The van der Waals surface area contributed by atoms with Gasteiger partial charge in [-0.3, -0.25) is 24.3 Å². The molecular weight excluding hydrogens is 298 g/mol. The standard InChI is InChI=1S/C16H17N3O4/c1-10-4-6-13(7-5-10)17-16(21)12(3)18-9-14(19(22)23)11(2)8-15(18)20/h4-9,12H,1-3H3,(H,17,21). The predicted octanol–water partition coefficient (Wildman–Crippen LogP) is 2.57. The fourth-order valence-corrected chi connectivity index (χ4v) is 2.13. The Morgan fingerprint density at radius 3 is 2.43 bits per heavy atom. The molecule has 0 bridgehead atoms. The monoisotopic (exact) mass is 315 g/mol. The third kappa shape index (κ3) is 3.63. The number of aryl methyl sites for hydroxylation is 2. The Morgan fingerprint density at radius 1 is 1.26 bits per heavy atom. The Bertz CT molecular complexity index is 809. The molecule has 1 amide bonds. The Kier molecular flexibility index (Phi) is 4.59. The zero-order valence-corrected chi connectivity index (χ0v) is 13.1. The van der Waals surface area contributed by atoms with Crippen molar-refractivity contribution in [3.8, 4) is 0 Å². The number of amides is 1. The SMILES string of the molecule is Cc1ccc(NC(=O)C(C)n2cc([N+](=O)[O-])c(C)cc2=O)cc1. The fourth-order valence-electron chi connectivity index (χ4n) is 2.13. The van der Waals surface area contributed by atoms with E-state index in [0.29, 0.717) is 5.69 Å². The molecule has 0 aliphatic rings. The number of carbonyl (C=O) groups is 1. The topological polar surface area (TPSA) is 94.2 Å². The van der Waals surface area contributed by atoms with Gasteiger partial charge < -0.3 is 5.32 Å². The maximum atomic E-state index is 12.3. The maximum absolute atomic E-state index is 12.3. The van der Waals surface area contributed by atoms with Crippen molar-refractivity contribution in [3.63, 3.8) is 0 Å². The van der Waals surface area contributed by atoms with Crippen LogP contribution >= 0.6 is 0 Å². The zero-order chi connectivity index (χ0) is 17.1. The highest BCUT2D eigenvalue weighted by Gasteiger charge is 2.20. The fraction of sp³-hybridized carbons (Fsp3) is 0.250. The third-order valence-corrected chi connectivity index (χ3v) is 3.57. The van der Waals surface area contributed by atoms with Crippen molar-refractivity contribution in [2.75, 3.05) is 5.32 Å². The second-order valence-corrected chi connectivity index (χ2v) is 5.38. The third-order valence-electron chi connectivity index (χ3n) is 3.57. The Hall–Kier alpha value is -2.96. The van der Waals surface area contributed by atoms with Crippen LogP contribution in [0.15, 0.2) is 41.3 Å². The summed E-state index contributed by atoms with van der Waals surface area (Å²) in [6.07, 6.45) is 1.11. The minimum Gasteiger partial charge on any atom is -0.324 e. The highest BCUT2D eigenvalue weighted by molar-refractivity contribution is 5.93. The van der Waals surface area contributed by atoms with Gasteiger partial charge in [0.25, 0.3) is 11.2 Å². The van der Waals surface area contributed by atoms with E-state index < -0.39 is 22.4 Å². The van der Waals surface area contributed by atoms with E-state index in [0.717, 1.165) is 22.4 Å². The largest absolute Gasteiger partial charge is 0.324 e. The molecule has 1 heterocycles. The van der Waals surface area contributed by atoms with Crippen LogP contribution < -0.4 is 10.9 Å². The van der Waals surface area contributed by atoms with Crippen LogP contribution in [0.25, 0.3) is 0 Å². The van der Waals surface area contributed by atoms with Gasteiger partial charge in [-0.25, -0.2) is 0 Å². The van der Waals surface area contributed by atoms with Crippen molar-refractivity contribution in [1.29, 1.82) is 0 Å². The molecule has 0 radical (unpaired) electrons. The number of pyridine rings is 1. The van der Waals surface area contributed by atoms with Crippen molar-refractivity contribution in [3.05, 3.63) is 68.1 Å². The average Bonchev–Trinajstić information content (AvgIpc) is 2.48. The zero-order valence-electron chi connectivity index (χ0n) is 13.1. The van der Waals surface area contributed by atoms with Crippen LogP contribution in [0.1, 0.15) is 24.1 Å². The predicted molar refractivity (Wildman–Crippen MR) is 86.6 cm³/mol. The molecule has 1 atom stereocenters. The number of carbonyl (C=O) groups excluding carboxylic acids is 1. The summed E-state index contributed by atoms with van der Waals surface area (Å²) in [7, 11) is 0. The van der Waals surface area contributed by atoms with Crippen molar-refractivity contribution >= 4 is 17.3 Å². The number of aromatic nitrogens is 1. The van der Waals surface area contributed by atoms with Gasteiger partial charge in [-0.15, -0.1) is 0 Å². The number of nitro groups is 1. The van der Waals surface area contributed by atoms with E-state index in [1.807, 2.05) is 19.1 Å². The number of hydrogen-bond acceptors (Lipinski definition) is 4. The Labute approximate surface area is 132 Å². The molecule has 23 heavy (non-hydrogen) atoms. The van der Waals surface area contributed by atoms with Crippen LogP contribution in [0, 0.1) is 24.0 Å². The lowest BCUT2D eigenvalue weighted by atomic mass is 10.2. The second-order valence-electron chi connectivity index (χ2n) is 5.38. The van der Waals surface area contributed by atoms with Crippen molar-refractivity contribution < 1.29 is 9.72 Å². The molecule has 2 aromatic rings. The van der Waals surface area contributed by atoms with Gasteiger partial charge in [0.15, 0.2) is 0 Å². The van der Waals surface area contributed by atoms with Crippen LogP contribution in [-0.2, 0) is 4.79 Å². The highest BCUT2D eigenvalue weighted by atomic mass is 16.6. The minimum atomic E-state index is -0.872. The summed E-state index contributed by atoms with van der Waals surface area (Å²) < 4.78 is 1.06. The molecule has 0 saturated carbocycles. The van der Waals surface area contributed by atoms with Crippen LogP contribution in [-0.4, -0.2) is 15.4 Å². The smallest absolute Gasteiger partial charge is 0.288 e. The molecule has 0 saturated heterocycles. The van der Waals surface area contributed by atoms with E-state index in [-0.39, 0.29) is 11.3 Å². The van der Waals surface area contributed by atoms with E-state index >= 15 is 0 Å². The summed E-state index contributed by atoms with van der Waals surface area (Å²) in [5, 5.41) is 13.7. The Morgan fingerprint density at radius 2 is 1.87 bits per heavy atom. The molecule has 1 aromatic heterocycles. The molecular formula is C16H17N3O4. The summed E-state index contributed by atoms with van der Waals surface area (Å²) in [6, 6.07) is 7.49. The number of nitrogens with zero attached hydrogens (tertiary/aromatic N) is 2. The number of benzene rings is 1. The molecule has 2 rings (SSSR count). The molecule has 7 heteroatoms. The van der Waals surface area contributed by atoms with Gasteiger partial charge >= 0.3 is 0 Å². The van der Waals surface area contributed by atoms with Crippen molar-refractivity contribution in [2.45, 2.75) is 26.8 Å². The number of nitrogens with one attached hydrogen (secondary N) is 1. The van der Waals surface area contributed by atoms with E-state index in [4.69, 9.17) is 0 Å². The van der Waals surface area contributed by atoms with Crippen LogP contribution in [0.3, 0.4) is 0 Å². The van der Waals surface area contributed by atoms with Crippen molar-refractivity contribution in [1.82, 2.24) is 4.57 Å². The van der Waals surface area contributed by atoms with Crippen LogP contribution in [0.4, 0.5) is 11.4 Å². The quantitative estimate of drug-likeness (QED) is 0.693. The highest BCUT2D eigenvalue weighted by Crippen LogP contribution is 2.17. The summed E-state index contributed by atoms with van der Waals surface area (Å²) in [5.74, 6) is -0.422. The summed E-state index contributed by atoms with van der Waals surface area (Å²) in [4.78, 5) is 34.7. The molecule has 0 aliphatic heterocycles. The van der Waals surface area contributed by atoms with Gasteiger partial charge in [-0.2, -0.15) is 0 Å². The van der Waals surface area contributed by atoms with E-state index in [1.54, 1.807) is 12.1 Å². The number of hydrogen-bond donors (Lipinski definition) is 1.